The first-order chi connectivity index (χ1) is 17.3. The standard InChI is InChI=1S/C26H35Cl2N5O3Si/c1-26(2,3)37(6,7)36-13-12-19(18-8-10-22(27)23(28)14-18)16-32(4)25(34)21-15-20(9-11-24(21)35-5)33-17-29-30-31-33/h8-11,14-15,17,19H,12-13,16H2,1-7H3. The zero-order valence-electron chi connectivity index (χ0n) is 22.5. The monoisotopic (exact) mass is 563 g/mol. The topological polar surface area (TPSA) is 82.4 Å². The van der Waals surface area contributed by atoms with E-state index in [-0.39, 0.29) is 16.9 Å². The number of ether oxygens (including phenoxy) is 1. The van der Waals surface area contributed by atoms with E-state index in [0.717, 1.165) is 12.0 Å². The summed E-state index contributed by atoms with van der Waals surface area (Å²) >= 11 is 12.5. The molecule has 2 aromatic carbocycles. The highest BCUT2D eigenvalue weighted by molar-refractivity contribution is 6.74. The van der Waals surface area contributed by atoms with Gasteiger partial charge in [-0.2, -0.15) is 0 Å². The van der Waals surface area contributed by atoms with Crippen LogP contribution in [-0.2, 0) is 4.43 Å². The summed E-state index contributed by atoms with van der Waals surface area (Å²) in [4.78, 5) is 15.3. The molecule has 0 aliphatic rings. The van der Waals surface area contributed by atoms with Gasteiger partial charge in [-0.1, -0.05) is 50.0 Å². The van der Waals surface area contributed by atoms with Crippen LogP contribution in [0.2, 0.25) is 28.2 Å². The van der Waals surface area contributed by atoms with E-state index in [4.69, 9.17) is 32.4 Å². The van der Waals surface area contributed by atoms with Crippen molar-refractivity contribution in [2.45, 2.75) is 51.2 Å². The Morgan fingerprint density at radius 1 is 1.14 bits per heavy atom. The van der Waals surface area contributed by atoms with Crippen LogP contribution < -0.4 is 4.74 Å². The lowest BCUT2D eigenvalue weighted by Gasteiger charge is -2.36. The normalized spacial score (nSPS) is 12.9. The Bertz CT molecular complexity index is 1220. The third kappa shape index (κ3) is 7.10. The van der Waals surface area contributed by atoms with Gasteiger partial charge in [-0.25, -0.2) is 4.68 Å². The average Bonchev–Trinajstić information content (AvgIpc) is 3.38. The largest absolute Gasteiger partial charge is 0.496 e. The Morgan fingerprint density at radius 2 is 1.86 bits per heavy atom. The minimum Gasteiger partial charge on any atom is -0.496 e. The van der Waals surface area contributed by atoms with E-state index in [9.17, 15) is 4.79 Å². The van der Waals surface area contributed by atoms with Crippen LogP contribution in [-0.4, -0.2) is 66.6 Å². The van der Waals surface area contributed by atoms with Crippen LogP contribution in [0.4, 0.5) is 0 Å². The fraction of sp³-hybridized carbons (Fsp3) is 0.462. The highest BCUT2D eigenvalue weighted by atomic mass is 35.5. The Kier molecular flexibility index (Phi) is 9.39. The number of carbonyl (C=O) groups excluding carboxylic acids is 1. The molecular weight excluding hydrogens is 529 g/mol. The molecule has 0 saturated carbocycles. The molecule has 0 N–H and O–H groups in total. The number of benzene rings is 2. The smallest absolute Gasteiger partial charge is 0.257 e. The van der Waals surface area contributed by atoms with E-state index in [1.807, 2.05) is 12.1 Å². The van der Waals surface area contributed by atoms with Gasteiger partial charge in [-0.15, -0.1) is 5.10 Å². The lowest BCUT2D eigenvalue weighted by Crippen LogP contribution is -2.41. The maximum absolute atomic E-state index is 13.6. The van der Waals surface area contributed by atoms with Crippen molar-refractivity contribution in [3.8, 4) is 11.4 Å². The fourth-order valence-corrected chi connectivity index (χ4v) is 5.07. The molecule has 37 heavy (non-hydrogen) atoms. The highest BCUT2D eigenvalue weighted by Gasteiger charge is 2.37. The molecule has 1 amide bonds. The van der Waals surface area contributed by atoms with E-state index in [2.05, 4.69) is 49.4 Å². The number of halogens is 2. The first-order valence-electron chi connectivity index (χ1n) is 12.1. The van der Waals surface area contributed by atoms with Crippen molar-refractivity contribution in [2.24, 2.45) is 0 Å². The Hall–Kier alpha value is -2.46. The molecule has 0 fully saturated rings. The summed E-state index contributed by atoms with van der Waals surface area (Å²) in [6.45, 7) is 12.2. The zero-order valence-corrected chi connectivity index (χ0v) is 25.0. The number of nitrogens with zero attached hydrogens (tertiary/aromatic N) is 5. The van der Waals surface area contributed by atoms with Crippen LogP contribution in [0, 0.1) is 0 Å². The van der Waals surface area contributed by atoms with Crippen molar-refractivity contribution in [1.82, 2.24) is 25.1 Å². The van der Waals surface area contributed by atoms with Crippen LogP contribution in [0.15, 0.2) is 42.7 Å². The summed E-state index contributed by atoms with van der Waals surface area (Å²) in [5.74, 6) is 0.283. The average molecular weight is 565 g/mol. The lowest BCUT2D eigenvalue weighted by molar-refractivity contribution is 0.0778. The summed E-state index contributed by atoms with van der Waals surface area (Å²) in [5.41, 5.74) is 2.08. The molecule has 1 heterocycles. The van der Waals surface area contributed by atoms with Crippen LogP contribution in [0.25, 0.3) is 5.69 Å². The molecule has 8 nitrogen and oxygen atoms in total. The van der Waals surface area contributed by atoms with Gasteiger partial charge in [0.25, 0.3) is 5.91 Å². The first kappa shape index (κ1) is 29.1. The van der Waals surface area contributed by atoms with E-state index in [0.29, 0.717) is 40.2 Å². The predicted octanol–water partition coefficient (Wildman–Crippen LogP) is 6.25. The van der Waals surface area contributed by atoms with Crippen LogP contribution in [0.3, 0.4) is 0 Å². The molecule has 0 saturated heterocycles. The second-order valence-electron chi connectivity index (χ2n) is 10.6. The van der Waals surface area contributed by atoms with E-state index in [1.54, 1.807) is 43.3 Å². The van der Waals surface area contributed by atoms with E-state index in [1.165, 1.54) is 11.0 Å². The van der Waals surface area contributed by atoms with Crippen molar-refractivity contribution < 1.29 is 14.0 Å². The minimum atomic E-state index is -1.91. The number of aromatic nitrogens is 4. The van der Waals surface area contributed by atoms with Crippen molar-refractivity contribution in [1.29, 1.82) is 0 Å². The van der Waals surface area contributed by atoms with Crippen molar-refractivity contribution in [2.75, 3.05) is 27.3 Å². The van der Waals surface area contributed by atoms with E-state index < -0.39 is 8.32 Å². The number of methoxy groups -OCH3 is 1. The Balaban J connectivity index is 1.84. The number of hydrogen-bond donors (Lipinski definition) is 0. The SMILES string of the molecule is COc1ccc(-n2cnnn2)cc1C(=O)N(C)CC(CCO[Si](C)(C)C(C)(C)C)c1ccc(Cl)c(Cl)c1. The molecule has 1 unspecified atom stereocenters. The van der Waals surface area contributed by atoms with Gasteiger partial charge in [-0.05, 0) is 70.9 Å². The fourth-order valence-electron chi connectivity index (χ4n) is 3.71. The molecule has 200 valence electrons. The van der Waals surface area contributed by atoms with Crippen LogP contribution in [0.1, 0.15) is 49.0 Å². The van der Waals surface area contributed by atoms with E-state index >= 15 is 0 Å². The lowest BCUT2D eigenvalue weighted by atomic mass is 9.95. The van der Waals surface area contributed by atoms with Crippen molar-refractivity contribution in [3.05, 3.63) is 63.9 Å². The molecule has 1 aromatic heterocycles. The molecule has 0 radical (unpaired) electrons. The second-order valence-corrected chi connectivity index (χ2v) is 16.2. The Labute approximate surface area is 230 Å². The molecule has 3 rings (SSSR count). The number of carbonyl (C=O) groups is 1. The molecular formula is C26H35Cl2N5O3Si. The third-order valence-corrected chi connectivity index (χ3v) is 12.3. The Morgan fingerprint density at radius 3 is 2.46 bits per heavy atom. The van der Waals surface area contributed by atoms with Gasteiger partial charge < -0.3 is 14.1 Å². The molecule has 0 spiro atoms. The molecule has 0 aliphatic carbocycles. The predicted molar refractivity (Wildman–Crippen MR) is 150 cm³/mol. The molecule has 0 aliphatic heterocycles. The third-order valence-electron chi connectivity index (χ3n) is 7.02. The number of hydrogen-bond acceptors (Lipinski definition) is 6. The summed E-state index contributed by atoms with van der Waals surface area (Å²) in [6.07, 6.45) is 2.20. The molecule has 1 atom stereocenters. The first-order valence-corrected chi connectivity index (χ1v) is 15.8. The number of likely N-dealkylation sites (N-methyl/N-ethyl adjacent to an activating group) is 1. The number of tetrazole rings is 1. The zero-order chi connectivity index (χ0) is 27.4. The molecule has 0 bridgehead atoms. The highest BCUT2D eigenvalue weighted by Crippen LogP contribution is 2.37. The summed E-state index contributed by atoms with van der Waals surface area (Å²) in [5, 5.41) is 12.4. The number of rotatable bonds is 10. The van der Waals surface area contributed by atoms with Crippen LogP contribution in [0.5, 0.6) is 5.75 Å². The van der Waals surface area contributed by atoms with Gasteiger partial charge in [0.1, 0.15) is 12.1 Å². The minimum absolute atomic E-state index is 0.0119. The van der Waals surface area contributed by atoms with Gasteiger partial charge in [-0.3, -0.25) is 4.79 Å². The summed E-state index contributed by atoms with van der Waals surface area (Å²) in [6, 6.07) is 10.9. The maximum atomic E-state index is 13.6. The van der Waals surface area contributed by atoms with Gasteiger partial charge in [0.2, 0.25) is 0 Å². The van der Waals surface area contributed by atoms with Gasteiger partial charge in [0.15, 0.2) is 8.32 Å². The summed E-state index contributed by atoms with van der Waals surface area (Å²) < 4.78 is 13.4. The van der Waals surface area contributed by atoms with Crippen molar-refractivity contribution in [3.63, 3.8) is 0 Å². The van der Waals surface area contributed by atoms with Gasteiger partial charge in [0, 0.05) is 26.1 Å². The van der Waals surface area contributed by atoms with Crippen molar-refractivity contribution >= 4 is 37.4 Å². The second kappa shape index (κ2) is 11.9. The van der Waals surface area contributed by atoms with Gasteiger partial charge >= 0.3 is 0 Å². The molecule has 3 aromatic rings. The quantitative estimate of drug-likeness (QED) is 0.271. The number of amides is 1. The van der Waals surface area contributed by atoms with Crippen LogP contribution >= 0.6 is 23.2 Å². The summed E-state index contributed by atoms with van der Waals surface area (Å²) in [7, 11) is 1.41. The molecule has 11 heteroatoms. The van der Waals surface area contributed by atoms with Gasteiger partial charge in [0.05, 0.1) is 28.4 Å². The maximum Gasteiger partial charge on any atom is 0.257 e.